The molecule has 42 heavy (non-hydrogen) atoms. The average molecular weight is 559 g/mol. The van der Waals surface area contributed by atoms with Gasteiger partial charge in [-0.15, -0.1) is 10.2 Å². The van der Waals surface area contributed by atoms with E-state index in [1.165, 1.54) is 12.1 Å². The summed E-state index contributed by atoms with van der Waals surface area (Å²) in [4.78, 5) is 52.5. The Kier molecular flexibility index (Phi) is 6.87. The summed E-state index contributed by atoms with van der Waals surface area (Å²) >= 11 is 0. The monoisotopic (exact) mass is 558 g/mol. The minimum absolute atomic E-state index is 0. The van der Waals surface area contributed by atoms with Gasteiger partial charge in [-0.05, 0) is 24.3 Å². The van der Waals surface area contributed by atoms with Crippen LogP contribution in [0.4, 0.5) is 11.4 Å². The van der Waals surface area contributed by atoms with Gasteiger partial charge in [0.2, 0.25) is 11.8 Å². The van der Waals surface area contributed by atoms with Crippen LogP contribution in [-0.2, 0) is 0 Å². The van der Waals surface area contributed by atoms with Crippen LogP contribution in [0.25, 0.3) is 22.9 Å². The van der Waals surface area contributed by atoms with E-state index in [1.54, 1.807) is 60.7 Å². The van der Waals surface area contributed by atoms with Crippen molar-refractivity contribution in [1.29, 1.82) is 0 Å². The van der Waals surface area contributed by atoms with Crippen molar-refractivity contribution in [3.63, 3.8) is 0 Å². The lowest BCUT2D eigenvalue weighted by Crippen LogP contribution is -2.22. The molecule has 4 N–H and O–H groups in total. The van der Waals surface area contributed by atoms with E-state index in [-0.39, 0.29) is 98.2 Å². The van der Waals surface area contributed by atoms with Crippen molar-refractivity contribution in [2.75, 3.05) is 11.5 Å². The molecule has 208 valence electrons. The molecule has 7 rings (SSSR count). The largest absolute Gasteiger partial charge is 0.416 e. The topological polar surface area (TPSA) is 159 Å². The molecule has 1 heterocycles. The van der Waals surface area contributed by atoms with Crippen LogP contribution in [0, 0.1) is 0 Å². The lowest BCUT2D eigenvalue weighted by molar-refractivity contribution is 0.0979. The zero-order valence-corrected chi connectivity index (χ0v) is 22.0. The quantitative estimate of drug-likeness (QED) is 0.251. The fourth-order valence-electron chi connectivity index (χ4n) is 5.24. The Morgan fingerprint density at radius 2 is 0.786 bits per heavy atom. The molecule has 0 saturated carbocycles. The number of hydrogen-bond acceptors (Lipinski definition) is 9. The number of hydrogen-bond donors (Lipinski definition) is 2. The Morgan fingerprint density at radius 3 is 1.14 bits per heavy atom. The predicted octanol–water partition coefficient (Wildman–Crippen LogP) is 5.78. The summed E-state index contributed by atoms with van der Waals surface area (Å²) in [5, 5.41) is 8.17. The number of anilines is 2. The van der Waals surface area contributed by atoms with E-state index in [2.05, 4.69) is 10.2 Å². The summed E-state index contributed by atoms with van der Waals surface area (Å²) in [7, 11) is 0. The molecule has 0 spiro atoms. The van der Waals surface area contributed by atoms with E-state index in [0.717, 1.165) is 0 Å². The Hall–Kier alpha value is -5.70. The minimum Gasteiger partial charge on any atom is -0.416 e. The summed E-state index contributed by atoms with van der Waals surface area (Å²) in [6.45, 7) is 4.00. The minimum atomic E-state index is -0.373. The highest BCUT2D eigenvalue weighted by Crippen LogP contribution is 2.39. The zero-order chi connectivity index (χ0) is 29.0. The fraction of sp³-hybridized carbons (Fsp3) is 0.0909. The van der Waals surface area contributed by atoms with Crippen LogP contribution in [-0.4, -0.2) is 33.3 Å². The highest BCUT2D eigenvalue weighted by Gasteiger charge is 2.34. The number of aromatic nitrogens is 2. The molecule has 0 atom stereocenters. The van der Waals surface area contributed by atoms with Crippen LogP contribution in [0.2, 0.25) is 0 Å². The van der Waals surface area contributed by atoms with Gasteiger partial charge in [-0.25, -0.2) is 0 Å². The molecule has 9 nitrogen and oxygen atoms in total. The molecule has 5 aromatic rings. The Labute approximate surface area is 241 Å². The first kappa shape index (κ1) is 27.9. The molecule has 1 aromatic heterocycles. The number of nitrogens with two attached hydrogens (primary N) is 2. The van der Waals surface area contributed by atoms with Crippen LogP contribution in [0.1, 0.15) is 85.0 Å². The van der Waals surface area contributed by atoms with E-state index in [9.17, 15) is 19.2 Å². The van der Waals surface area contributed by atoms with Crippen LogP contribution in [0.5, 0.6) is 0 Å². The van der Waals surface area contributed by atoms with Crippen molar-refractivity contribution in [2.45, 2.75) is 21.3 Å². The Balaban J connectivity index is 0.00000115. The van der Waals surface area contributed by atoms with Gasteiger partial charge in [0.05, 0.1) is 33.6 Å². The second kappa shape index (κ2) is 10.4. The van der Waals surface area contributed by atoms with Crippen LogP contribution in [0.3, 0.4) is 0 Å². The maximum atomic E-state index is 13.2. The number of benzene rings is 4. The molecule has 2 aliphatic rings. The Morgan fingerprint density at radius 1 is 0.476 bits per heavy atom. The second-order valence-corrected chi connectivity index (χ2v) is 9.22. The number of carbonyl (C=O) groups excluding carboxylic acids is 4. The van der Waals surface area contributed by atoms with Gasteiger partial charge in [0.25, 0.3) is 0 Å². The number of nitrogens with zero attached hydrogens (tertiary/aromatic N) is 2. The van der Waals surface area contributed by atoms with Gasteiger partial charge in [-0.2, -0.15) is 0 Å². The standard InChI is InChI=1S/C30H16N4O5.C2H6.CH4/c31-23-19(11-9-17-21(23)27(37)15-7-3-1-5-13(15)25(17)35)29-33-34-30(39-29)20-12-10-18-22(24(20)32)28(38)16-8-4-2-6-14(16)26(18)36;1-2;/h1-12H,31-32H2;1-2H3;1H4. The van der Waals surface area contributed by atoms with Crippen LogP contribution < -0.4 is 11.5 Å². The zero-order valence-electron chi connectivity index (χ0n) is 22.0. The van der Waals surface area contributed by atoms with Gasteiger partial charge in [0, 0.05) is 33.4 Å². The van der Waals surface area contributed by atoms with Crippen LogP contribution in [0.15, 0.2) is 77.2 Å². The SMILES string of the molecule is C.CC.Nc1c(-c2nnc(-c3ccc4c(c3N)C(=O)c3ccccc3C4=O)o2)ccc2c1C(=O)c1ccccc1C2=O. The highest BCUT2D eigenvalue weighted by molar-refractivity contribution is 6.31. The molecule has 0 saturated heterocycles. The van der Waals surface area contributed by atoms with Gasteiger partial charge in [-0.1, -0.05) is 69.8 Å². The number of rotatable bonds is 2. The van der Waals surface area contributed by atoms with Gasteiger partial charge in [0.1, 0.15) is 0 Å². The lowest BCUT2D eigenvalue weighted by Gasteiger charge is -2.20. The highest BCUT2D eigenvalue weighted by atomic mass is 16.4. The normalized spacial score (nSPS) is 12.7. The summed E-state index contributed by atoms with van der Waals surface area (Å²) in [5.74, 6) is -1.36. The Bertz CT molecular complexity index is 1830. The molecule has 0 unspecified atom stereocenters. The summed E-state index contributed by atoms with van der Waals surface area (Å²) in [6, 6.07) is 19.2. The number of nitrogen functional groups attached to an aromatic ring is 2. The van der Waals surface area contributed by atoms with Crippen molar-refractivity contribution in [2.24, 2.45) is 0 Å². The van der Waals surface area contributed by atoms with E-state index in [4.69, 9.17) is 15.9 Å². The van der Waals surface area contributed by atoms with Gasteiger partial charge < -0.3 is 15.9 Å². The van der Waals surface area contributed by atoms with E-state index >= 15 is 0 Å². The fourth-order valence-corrected chi connectivity index (χ4v) is 5.24. The average Bonchev–Trinajstić information content (AvgIpc) is 3.49. The van der Waals surface area contributed by atoms with E-state index in [1.807, 2.05) is 13.8 Å². The van der Waals surface area contributed by atoms with Crippen molar-refractivity contribution < 1.29 is 23.6 Å². The van der Waals surface area contributed by atoms with Crippen molar-refractivity contribution in [3.05, 3.63) is 117 Å². The number of carbonyl (C=O) groups is 4. The maximum Gasteiger partial charge on any atom is 0.250 e. The predicted molar refractivity (Wildman–Crippen MR) is 159 cm³/mol. The third-order valence-electron chi connectivity index (χ3n) is 7.15. The molecular weight excluding hydrogens is 532 g/mol. The molecule has 0 radical (unpaired) electrons. The van der Waals surface area contributed by atoms with Gasteiger partial charge in [0.15, 0.2) is 23.1 Å². The number of fused-ring (bicyclic) bond motifs is 4. The summed E-state index contributed by atoms with van der Waals surface area (Å²) in [5.41, 5.74) is 15.1. The van der Waals surface area contributed by atoms with Gasteiger partial charge >= 0.3 is 0 Å². The first-order chi connectivity index (χ1) is 19.9. The first-order valence-corrected chi connectivity index (χ1v) is 12.9. The molecule has 0 fully saturated rings. The molecule has 2 aliphatic carbocycles. The summed E-state index contributed by atoms with van der Waals surface area (Å²) < 4.78 is 5.89. The molecule has 9 heteroatoms. The first-order valence-electron chi connectivity index (χ1n) is 12.9. The molecular formula is C33H26N4O5. The van der Waals surface area contributed by atoms with Crippen LogP contribution >= 0.6 is 0 Å². The van der Waals surface area contributed by atoms with Crippen molar-refractivity contribution in [1.82, 2.24) is 10.2 Å². The molecule has 0 aliphatic heterocycles. The third-order valence-corrected chi connectivity index (χ3v) is 7.15. The van der Waals surface area contributed by atoms with E-state index in [0.29, 0.717) is 11.1 Å². The smallest absolute Gasteiger partial charge is 0.250 e. The number of ketones is 4. The lowest BCUT2D eigenvalue weighted by atomic mass is 9.82. The second-order valence-electron chi connectivity index (χ2n) is 9.22. The molecule has 0 amide bonds. The maximum absolute atomic E-state index is 13.2. The van der Waals surface area contributed by atoms with E-state index < -0.39 is 0 Å². The van der Waals surface area contributed by atoms with Crippen molar-refractivity contribution >= 4 is 34.5 Å². The summed E-state index contributed by atoms with van der Waals surface area (Å²) in [6.07, 6.45) is 0. The van der Waals surface area contributed by atoms with Crippen molar-refractivity contribution in [3.8, 4) is 22.9 Å². The molecule has 0 bridgehead atoms. The van der Waals surface area contributed by atoms with Gasteiger partial charge in [-0.3, -0.25) is 19.2 Å². The molecule has 4 aromatic carbocycles. The third kappa shape index (κ3) is 3.86.